The molecule has 19 heteroatoms. The smallest absolute Gasteiger partial charge is 0.286 e. The van der Waals surface area contributed by atoms with E-state index in [4.69, 9.17) is 76.1 Å². The average Bonchev–Trinajstić information content (AvgIpc) is 3.35. The van der Waals surface area contributed by atoms with E-state index in [0.717, 1.165) is 0 Å². The van der Waals surface area contributed by atoms with Crippen LogP contribution >= 0.6 is 58.8 Å². The molecule has 6 rings (SSSR count). The van der Waals surface area contributed by atoms with Gasteiger partial charge in [0.05, 0.1) is 0 Å². The van der Waals surface area contributed by atoms with Gasteiger partial charge in [-0.05, 0) is 199 Å². The predicted octanol–water partition coefficient (Wildman–Crippen LogP) is 10.8. The number of hydroxylamine groups is 1. The molecule has 6 aromatic rings. The van der Waals surface area contributed by atoms with Crippen LogP contribution in [0, 0.1) is 0 Å². The summed E-state index contributed by atoms with van der Waals surface area (Å²) in [6, 6.07) is 39.4. The monoisotopic (exact) mass is 1070 g/mol. The van der Waals surface area contributed by atoms with Gasteiger partial charge in [-0.15, -0.1) is 12.4 Å². The van der Waals surface area contributed by atoms with E-state index in [-0.39, 0.29) is 29.8 Å². The number of nitrogens with one attached hydrogen (secondary N) is 1. The molecule has 0 aliphatic rings. The fraction of sp³-hybridized carbons (Fsp3) is 0.192. The fourth-order valence-corrected chi connectivity index (χ4v) is 6.10. The number of Topliss-reactive ketones (excluding diaryl/α,β-unsaturated/α-hetero) is 1. The lowest BCUT2D eigenvalue weighted by Crippen LogP contribution is -2.45. The van der Waals surface area contributed by atoms with Crippen LogP contribution in [0.2, 0.25) is 15.1 Å². The van der Waals surface area contributed by atoms with Crippen LogP contribution in [0.5, 0.6) is 17.2 Å². The normalized spacial score (nSPS) is 10.7. The zero-order valence-electron chi connectivity index (χ0n) is 39.1. The van der Waals surface area contributed by atoms with Crippen LogP contribution in [0.25, 0.3) is 0 Å². The third-order valence-corrected chi connectivity index (χ3v) is 10.9. The van der Waals surface area contributed by atoms with Gasteiger partial charge in [0, 0.05) is 48.4 Å². The number of nitrogens with two attached hydrogens (primary N) is 1. The second-order valence-corrected chi connectivity index (χ2v) is 17.9. The minimum atomic E-state index is -1.24. The third kappa shape index (κ3) is 18.5. The highest BCUT2D eigenvalue weighted by Crippen LogP contribution is 2.25. The summed E-state index contributed by atoms with van der Waals surface area (Å²) < 4.78 is 16.6. The van der Waals surface area contributed by atoms with E-state index in [1.54, 1.807) is 179 Å². The van der Waals surface area contributed by atoms with Crippen molar-refractivity contribution in [1.82, 2.24) is 5.48 Å². The number of aliphatic hydroxyl groups is 1. The quantitative estimate of drug-likeness (QED) is 0.0263. The average molecular weight is 1070 g/mol. The van der Waals surface area contributed by atoms with Crippen molar-refractivity contribution >= 4 is 93.1 Å². The van der Waals surface area contributed by atoms with Crippen molar-refractivity contribution in [3.63, 3.8) is 0 Å². The summed E-state index contributed by atoms with van der Waals surface area (Å²) in [7, 11) is 0. The summed E-state index contributed by atoms with van der Waals surface area (Å²) in [6.07, 6.45) is 0. The van der Waals surface area contributed by atoms with E-state index < -0.39 is 40.3 Å². The highest BCUT2D eigenvalue weighted by molar-refractivity contribution is 6.65. The molecule has 0 fully saturated rings. The summed E-state index contributed by atoms with van der Waals surface area (Å²) in [6.45, 7) is 8.78. The molecule has 6 aromatic carbocycles. The first-order valence-electron chi connectivity index (χ1n) is 20.8. The molecule has 0 saturated carbocycles. The number of carbonyl (C=O) groups excluding carboxylic acids is 6. The second-order valence-electron chi connectivity index (χ2n) is 16.2. The number of hydrogen-bond donors (Lipinski definition) is 5. The van der Waals surface area contributed by atoms with E-state index >= 15 is 0 Å². The SMILES string of the molecule is CC(C)(Oc1ccc(C(=O)c2ccc(Cl)cc2)cc1)C(=O)CO.CC(C)(Oc1ccc(C(=O)c2ccc(Cl)cc2)cc1)C(=O)Cl.CC(C)(Oc1ccc(C(=O)c2ccc(Cl)cc2)cc1)C(=O)NO.Cl.NO. The molecule has 14 nitrogen and oxygen atoms in total. The first-order chi connectivity index (χ1) is 33.0. The predicted molar refractivity (Wildman–Crippen MR) is 274 cm³/mol. The van der Waals surface area contributed by atoms with E-state index in [9.17, 15) is 28.8 Å². The van der Waals surface area contributed by atoms with Crippen molar-refractivity contribution in [2.24, 2.45) is 5.90 Å². The lowest BCUT2D eigenvalue weighted by atomic mass is 10.0. The first kappa shape index (κ1) is 61.0. The number of rotatable bonds is 16. The summed E-state index contributed by atoms with van der Waals surface area (Å²) in [4.78, 5) is 71.3. The molecule has 0 atom stereocenters. The van der Waals surface area contributed by atoms with Crippen LogP contribution in [-0.2, 0) is 14.4 Å². The third-order valence-electron chi connectivity index (χ3n) is 9.72. The van der Waals surface area contributed by atoms with Crippen molar-refractivity contribution in [2.45, 2.75) is 58.3 Å². The van der Waals surface area contributed by atoms with Crippen LogP contribution in [-0.4, -0.2) is 73.2 Å². The number of amides is 1. The molecule has 0 radical (unpaired) electrons. The van der Waals surface area contributed by atoms with Gasteiger partial charge in [0.15, 0.2) is 34.2 Å². The second kappa shape index (κ2) is 28.0. The number of aliphatic hydroxyl groups excluding tert-OH is 1. The number of halogens is 5. The van der Waals surface area contributed by atoms with Gasteiger partial charge in [0.1, 0.15) is 23.9 Å². The maximum atomic E-state index is 12.3. The van der Waals surface area contributed by atoms with E-state index in [2.05, 4.69) is 5.90 Å². The number of ketones is 4. The lowest BCUT2D eigenvalue weighted by molar-refractivity contribution is -0.143. The molecule has 0 aliphatic carbocycles. The Morgan fingerprint density at radius 3 is 0.901 bits per heavy atom. The molecule has 1 amide bonds. The van der Waals surface area contributed by atoms with Crippen molar-refractivity contribution in [2.75, 3.05) is 6.61 Å². The molecule has 0 aromatic heterocycles. The Morgan fingerprint density at radius 1 is 0.451 bits per heavy atom. The van der Waals surface area contributed by atoms with Crippen molar-refractivity contribution in [1.29, 1.82) is 0 Å². The summed E-state index contributed by atoms with van der Waals surface area (Å²) in [5.74, 6) is 3.36. The van der Waals surface area contributed by atoms with Crippen LogP contribution < -0.4 is 25.6 Å². The Labute approximate surface area is 436 Å². The van der Waals surface area contributed by atoms with Gasteiger partial charge in [-0.3, -0.25) is 34.0 Å². The van der Waals surface area contributed by atoms with Gasteiger partial charge < -0.3 is 24.5 Å². The minimum Gasteiger partial charge on any atom is -0.480 e. The molecule has 0 aliphatic heterocycles. The Bertz CT molecular complexity index is 2590. The fourth-order valence-electron chi connectivity index (χ4n) is 5.68. The topological polar surface area (TPSA) is 229 Å². The first-order valence-corrected chi connectivity index (χ1v) is 22.3. The molecule has 0 heterocycles. The van der Waals surface area contributed by atoms with Gasteiger partial charge in [0.2, 0.25) is 5.78 Å². The van der Waals surface area contributed by atoms with Gasteiger partial charge in [0.25, 0.3) is 11.1 Å². The number of ether oxygens (including phenoxy) is 3. The molecule has 0 unspecified atom stereocenters. The number of benzene rings is 6. The molecule has 0 spiro atoms. The van der Waals surface area contributed by atoms with Gasteiger partial charge in [-0.2, -0.15) is 0 Å². The van der Waals surface area contributed by atoms with E-state index in [1.807, 2.05) is 0 Å². The van der Waals surface area contributed by atoms with Gasteiger partial charge in [-0.25, -0.2) is 11.4 Å². The summed E-state index contributed by atoms with van der Waals surface area (Å²) in [5.41, 5.74) is 1.20. The zero-order chi connectivity index (χ0) is 52.4. The maximum absolute atomic E-state index is 12.3. The van der Waals surface area contributed by atoms with Gasteiger partial charge >= 0.3 is 0 Å². The molecule has 0 bridgehead atoms. The van der Waals surface area contributed by atoms with E-state index in [0.29, 0.717) is 65.7 Å². The van der Waals surface area contributed by atoms with Crippen molar-refractivity contribution < 1.29 is 58.5 Å². The van der Waals surface area contributed by atoms with Crippen LogP contribution in [0.15, 0.2) is 146 Å². The van der Waals surface area contributed by atoms with Crippen molar-refractivity contribution in [3.8, 4) is 17.2 Å². The lowest BCUT2D eigenvalue weighted by Gasteiger charge is -2.24. The largest absolute Gasteiger partial charge is 0.480 e. The van der Waals surface area contributed by atoms with Crippen LogP contribution in [0.3, 0.4) is 0 Å². The van der Waals surface area contributed by atoms with E-state index in [1.165, 1.54) is 13.8 Å². The summed E-state index contributed by atoms with van der Waals surface area (Å²) in [5, 5.41) is 25.2. The molecular formula is C52H51Cl5N2O12. The highest BCUT2D eigenvalue weighted by Gasteiger charge is 2.31. The standard InChI is InChI=1S/C18H17ClO4.C17H14Cl2O3.C17H16ClNO4.ClH.H3NO/c1-18(2,16(21)11-20)23-15-9-5-13(6-10-15)17(22)12-3-7-14(19)8-4-12;1-17(2,16(19)21)22-14-9-5-12(6-10-14)15(20)11-3-7-13(18)8-4-11;1-17(2,16(21)19-22)23-14-9-5-12(6-10-14)15(20)11-3-7-13(18)8-4-11;;1-2/h3-10,20H,11H2,1-2H3;3-10H,1-2H3;3-10,22H,1-2H3,(H,19,21);1H;2H,1H2. The Kier molecular flexibility index (Phi) is 24.1. The Morgan fingerprint density at radius 2 is 0.676 bits per heavy atom. The molecule has 0 saturated heterocycles. The van der Waals surface area contributed by atoms with Crippen molar-refractivity contribution in [3.05, 3.63) is 194 Å². The van der Waals surface area contributed by atoms with Gasteiger partial charge in [-0.1, -0.05) is 34.8 Å². The van der Waals surface area contributed by atoms with Crippen LogP contribution in [0.1, 0.15) is 89.3 Å². The highest BCUT2D eigenvalue weighted by atomic mass is 35.5. The number of hydrogen-bond acceptors (Lipinski definition) is 13. The molecule has 376 valence electrons. The molecule has 6 N–H and O–H groups in total. The minimum absolute atomic E-state index is 0. The molecular weight excluding hydrogens is 1020 g/mol. The summed E-state index contributed by atoms with van der Waals surface area (Å²) >= 11 is 22.9. The van der Waals surface area contributed by atoms with Crippen LogP contribution in [0.4, 0.5) is 0 Å². The Hall–Kier alpha value is -6.17. The zero-order valence-corrected chi connectivity index (χ0v) is 42.9. The maximum Gasteiger partial charge on any atom is 0.286 e. The Balaban J connectivity index is 0.000000356. The number of carbonyl (C=O) groups is 6. The molecule has 71 heavy (non-hydrogen) atoms.